The smallest absolute Gasteiger partial charge is 0.309 e. The third-order valence-electron chi connectivity index (χ3n) is 5.66. The quantitative estimate of drug-likeness (QED) is 0.359. The summed E-state index contributed by atoms with van der Waals surface area (Å²) >= 11 is 0. The van der Waals surface area contributed by atoms with Crippen LogP contribution >= 0.6 is 0 Å². The Hall–Kier alpha value is -2.82. The number of hydrogen-bond acceptors (Lipinski definition) is 4. The summed E-state index contributed by atoms with van der Waals surface area (Å²) in [6.07, 6.45) is 1.33. The molecule has 5 heteroatoms. The molecule has 0 spiro atoms. The van der Waals surface area contributed by atoms with E-state index < -0.39 is 17.8 Å². The standard InChI is InChI=1S/C23H27NO4.4CH4/c1-5-16(14-19(23(26)28-4)15(2)22(25)27-3)24-20-12-8-6-10-17(20)18-11-7-9-13-21(18)24;;;;/h6-13,15-16,19H,5,14H2,1-4H3;4*1H4. The summed E-state index contributed by atoms with van der Waals surface area (Å²) in [6.45, 7) is 3.83. The fourth-order valence-electron chi connectivity index (χ4n) is 4.10. The molecule has 0 aliphatic carbocycles. The number of para-hydroxylation sites is 2. The van der Waals surface area contributed by atoms with Crippen LogP contribution in [0.5, 0.6) is 0 Å². The molecule has 3 rings (SSSR count). The molecule has 0 aliphatic rings. The van der Waals surface area contributed by atoms with Crippen LogP contribution in [0.25, 0.3) is 21.8 Å². The lowest BCUT2D eigenvalue weighted by Crippen LogP contribution is -2.32. The summed E-state index contributed by atoms with van der Waals surface area (Å²) in [7, 11) is 2.71. The van der Waals surface area contributed by atoms with Crippen molar-refractivity contribution in [1.82, 2.24) is 4.57 Å². The number of carbonyl (C=O) groups excluding carboxylic acids is 2. The van der Waals surface area contributed by atoms with Gasteiger partial charge < -0.3 is 14.0 Å². The molecule has 3 unspecified atom stereocenters. The van der Waals surface area contributed by atoms with E-state index >= 15 is 0 Å². The molecule has 3 aromatic rings. The van der Waals surface area contributed by atoms with E-state index in [2.05, 4.69) is 35.8 Å². The molecule has 1 aromatic heterocycles. The van der Waals surface area contributed by atoms with Crippen molar-refractivity contribution in [3.05, 3.63) is 48.5 Å². The van der Waals surface area contributed by atoms with Crippen LogP contribution in [-0.2, 0) is 19.1 Å². The van der Waals surface area contributed by atoms with Crippen molar-refractivity contribution in [3.63, 3.8) is 0 Å². The highest BCUT2D eigenvalue weighted by molar-refractivity contribution is 6.08. The van der Waals surface area contributed by atoms with Gasteiger partial charge in [0.25, 0.3) is 0 Å². The maximum absolute atomic E-state index is 12.5. The zero-order chi connectivity index (χ0) is 20.3. The summed E-state index contributed by atoms with van der Waals surface area (Å²) in [5.41, 5.74) is 2.26. The number of aromatic nitrogens is 1. The van der Waals surface area contributed by atoms with Crippen LogP contribution in [-0.4, -0.2) is 30.7 Å². The Morgan fingerprint density at radius 2 is 1.25 bits per heavy atom. The Bertz CT molecular complexity index is 938. The highest BCUT2D eigenvalue weighted by Gasteiger charge is 2.34. The summed E-state index contributed by atoms with van der Waals surface area (Å²) in [5, 5.41) is 2.37. The molecule has 0 saturated heterocycles. The first kappa shape index (κ1) is 31.4. The highest BCUT2D eigenvalue weighted by Crippen LogP contribution is 2.36. The van der Waals surface area contributed by atoms with Crippen LogP contribution in [0.4, 0.5) is 0 Å². The van der Waals surface area contributed by atoms with Gasteiger partial charge in [0.05, 0.1) is 26.1 Å². The van der Waals surface area contributed by atoms with E-state index in [9.17, 15) is 9.59 Å². The second kappa shape index (κ2) is 13.6. The molecular weight excluding hydrogens is 402 g/mol. The topological polar surface area (TPSA) is 57.5 Å². The molecular formula is C27H43NO4. The molecule has 2 aromatic carbocycles. The number of nitrogens with zero attached hydrogens (tertiary/aromatic N) is 1. The fourth-order valence-corrected chi connectivity index (χ4v) is 4.10. The van der Waals surface area contributed by atoms with Crippen LogP contribution in [0.3, 0.4) is 0 Å². The van der Waals surface area contributed by atoms with Crippen LogP contribution in [0, 0.1) is 11.8 Å². The number of benzene rings is 2. The number of esters is 2. The van der Waals surface area contributed by atoms with Crippen molar-refractivity contribution in [2.24, 2.45) is 11.8 Å². The fraction of sp³-hybridized carbons (Fsp3) is 0.481. The molecule has 0 bridgehead atoms. The van der Waals surface area contributed by atoms with Gasteiger partial charge in [-0.05, 0) is 25.0 Å². The predicted molar refractivity (Wildman–Crippen MR) is 137 cm³/mol. The van der Waals surface area contributed by atoms with Gasteiger partial charge in [-0.25, -0.2) is 0 Å². The van der Waals surface area contributed by atoms with Gasteiger partial charge in [0, 0.05) is 27.8 Å². The van der Waals surface area contributed by atoms with Crippen molar-refractivity contribution >= 4 is 33.7 Å². The average Bonchev–Trinajstić information content (AvgIpc) is 3.07. The van der Waals surface area contributed by atoms with Crippen molar-refractivity contribution in [1.29, 1.82) is 0 Å². The normalized spacial score (nSPS) is 12.8. The van der Waals surface area contributed by atoms with Gasteiger partial charge in [0.15, 0.2) is 0 Å². The lowest BCUT2D eigenvalue weighted by atomic mass is 9.87. The molecule has 180 valence electrons. The van der Waals surface area contributed by atoms with Gasteiger partial charge in [0.1, 0.15) is 0 Å². The Morgan fingerprint density at radius 1 is 0.812 bits per heavy atom. The Kier molecular flexibility index (Phi) is 13.3. The molecule has 0 saturated carbocycles. The van der Waals surface area contributed by atoms with E-state index in [1.807, 2.05) is 24.3 Å². The first-order valence-electron chi connectivity index (χ1n) is 9.66. The van der Waals surface area contributed by atoms with E-state index in [1.165, 1.54) is 25.0 Å². The zero-order valence-corrected chi connectivity index (χ0v) is 16.8. The van der Waals surface area contributed by atoms with Crippen molar-refractivity contribution in [2.45, 2.75) is 62.4 Å². The molecule has 1 heterocycles. The Balaban J connectivity index is 0. The minimum absolute atomic E-state index is 0. The third kappa shape index (κ3) is 5.70. The monoisotopic (exact) mass is 445 g/mol. The predicted octanol–water partition coefficient (Wildman–Crippen LogP) is 7.28. The summed E-state index contributed by atoms with van der Waals surface area (Å²) < 4.78 is 12.2. The lowest BCUT2D eigenvalue weighted by Gasteiger charge is -2.26. The number of rotatable bonds is 7. The van der Waals surface area contributed by atoms with Crippen LogP contribution in [0.15, 0.2) is 48.5 Å². The summed E-state index contributed by atoms with van der Waals surface area (Å²) in [6, 6.07) is 16.6. The largest absolute Gasteiger partial charge is 0.469 e. The third-order valence-corrected chi connectivity index (χ3v) is 5.66. The van der Waals surface area contributed by atoms with Crippen LogP contribution in [0.2, 0.25) is 0 Å². The Labute approximate surface area is 194 Å². The van der Waals surface area contributed by atoms with Gasteiger partial charge in [-0.2, -0.15) is 0 Å². The number of hydrogen-bond donors (Lipinski definition) is 0. The summed E-state index contributed by atoms with van der Waals surface area (Å²) in [5.74, 6) is -1.91. The molecule has 0 amide bonds. The van der Waals surface area contributed by atoms with Crippen LogP contribution in [0.1, 0.15) is 62.4 Å². The van der Waals surface area contributed by atoms with Gasteiger partial charge in [-0.1, -0.05) is 80.0 Å². The molecule has 5 nitrogen and oxygen atoms in total. The zero-order valence-electron chi connectivity index (χ0n) is 16.8. The van der Waals surface area contributed by atoms with E-state index in [0.29, 0.717) is 6.42 Å². The van der Waals surface area contributed by atoms with E-state index in [-0.39, 0.29) is 41.7 Å². The Morgan fingerprint density at radius 3 is 1.66 bits per heavy atom. The van der Waals surface area contributed by atoms with Gasteiger partial charge in [-0.15, -0.1) is 0 Å². The maximum atomic E-state index is 12.5. The second-order valence-electron chi connectivity index (χ2n) is 7.14. The van der Waals surface area contributed by atoms with Gasteiger partial charge in [0.2, 0.25) is 0 Å². The number of fused-ring (bicyclic) bond motifs is 3. The number of methoxy groups -OCH3 is 2. The number of carbonyl (C=O) groups is 2. The first-order chi connectivity index (χ1) is 13.5. The maximum Gasteiger partial charge on any atom is 0.309 e. The second-order valence-corrected chi connectivity index (χ2v) is 7.14. The molecule has 0 radical (unpaired) electrons. The van der Waals surface area contributed by atoms with E-state index in [0.717, 1.165) is 17.5 Å². The molecule has 0 aliphatic heterocycles. The average molecular weight is 446 g/mol. The molecule has 32 heavy (non-hydrogen) atoms. The molecule has 0 N–H and O–H groups in total. The highest BCUT2D eigenvalue weighted by atomic mass is 16.5. The van der Waals surface area contributed by atoms with Gasteiger partial charge >= 0.3 is 11.9 Å². The van der Waals surface area contributed by atoms with Crippen molar-refractivity contribution in [2.75, 3.05) is 14.2 Å². The van der Waals surface area contributed by atoms with E-state index in [1.54, 1.807) is 6.92 Å². The van der Waals surface area contributed by atoms with Crippen LogP contribution < -0.4 is 0 Å². The minimum atomic E-state index is -0.570. The number of ether oxygens (including phenoxy) is 2. The lowest BCUT2D eigenvalue weighted by molar-refractivity contribution is -0.157. The van der Waals surface area contributed by atoms with Crippen molar-refractivity contribution < 1.29 is 19.1 Å². The van der Waals surface area contributed by atoms with Crippen molar-refractivity contribution in [3.8, 4) is 0 Å². The molecule has 3 atom stereocenters. The van der Waals surface area contributed by atoms with Gasteiger partial charge in [-0.3, -0.25) is 9.59 Å². The van der Waals surface area contributed by atoms with E-state index in [4.69, 9.17) is 9.47 Å². The minimum Gasteiger partial charge on any atom is -0.469 e. The SMILES string of the molecule is C.C.C.C.CCC(CC(C(=O)OC)C(C)C(=O)OC)n1c2ccccc2c2ccccc21. The molecule has 0 fully saturated rings. The first-order valence-corrected chi connectivity index (χ1v) is 9.66. The summed E-state index contributed by atoms with van der Waals surface area (Å²) in [4.78, 5) is 24.6.